The molecular weight excluding hydrogens is 1760 g/mol. The molecule has 1 unspecified atom stereocenters. The molecule has 61 nitrogen and oxygen atoms in total. The van der Waals surface area contributed by atoms with Crippen LogP contribution in [-0.4, -0.2) is 648 Å². The van der Waals surface area contributed by atoms with Gasteiger partial charge in [-0.3, -0.25) is 0 Å². The molecule has 0 aromatic heterocycles. The van der Waals surface area contributed by atoms with Gasteiger partial charge >= 0.3 is 0 Å². The first-order chi connectivity index (χ1) is 58.5. The Morgan fingerprint density at radius 1 is 0.317 bits per heavy atom. The van der Waals surface area contributed by atoms with Crippen molar-refractivity contribution in [1.82, 2.24) is 0 Å². The molecule has 49 N–H and O–H groups in total. The van der Waals surface area contributed by atoms with Crippen molar-refractivity contribution in [2.45, 2.75) is 306 Å². The zero-order valence-electron chi connectivity index (χ0n) is 66.2. The molecule has 752 valence electrons. The van der Waals surface area contributed by atoms with E-state index in [0.717, 1.165) is 0 Å². The highest BCUT2D eigenvalue weighted by molar-refractivity contribution is 5.57. The van der Waals surface area contributed by atoms with Crippen LogP contribution in [0.4, 0.5) is 0 Å². The van der Waals surface area contributed by atoms with Gasteiger partial charge in [0.15, 0.2) is 37.7 Å². The van der Waals surface area contributed by atoms with E-state index in [4.69, 9.17) is 196 Å². The van der Waals surface area contributed by atoms with E-state index in [9.17, 15) is 102 Å². The van der Waals surface area contributed by atoms with Gasteiger partial charge in [0, 0.05) is 0 Å². The fourth-order valence-corrected chi connectivity index (χ4v) is 11.7. The summed E-state index contributed by atoms with van der Waals surface area (Å²) in [6.07, 6.45) is -72.6. The first-order valence-corrected chi connectivity index (χ1v) is 37.6. The highest BCUT2D eigenvalue weighted by Gasteiger charge is 2.61. The van der Waals surface area contributed by atoms with Gasteiger partial charge in [0.2, 0.25) is 17.4 Å². The lowest BCUT2D eigenvalue weighted by Gasteiger charge is -2.44. The van der Waals surface area contributed by atoms with E-state index in [1.807, 2.05) is 0 Å². The Balaban J connectivity index is 0.000000757. The topological polar surface area (TPSA) is 1120 Å². The summed E-state index contributed by atoms with van der Waals surface area (Å²) in [5.74, 6) is -6.74. The van der Waals surface area contributed by atoms with Crippen LogP contribution in [0.5, 0.6) is 0 Å². The number of hydrogen-bond donors (Lipinski definition) is 49. The first-order valence-electron chi connectivity index (χ1n) is 37.6. The van der Waals surface area contributed by atoms with Crippen LogP contribution in [0.3, 0.4) is 0 Å². The Morgan fingerprint density at radius 3 is 0.881 bits per heavy atom. The van der Waals surface area contributed by atoms with E-state index < -0.39 is 378 Å². The molecule has 0 spiro atoms. The Hall–Kier alpha value is -3.02. The second kappa shape index (κ2) is 56.4. The van der Waals surface area contributed by atoms with Gasteiger partial charge in [0.1, 0.15) is 263 Å². The number of hydrogen-bond acceptors (Lipinski definition) is 61. The van der Waals surface area contributed by atoms with Gasteiger partial charge in [-0.2, -0.15) is 0 Å². The van der Waals surface area contributed by atoms with Crippen LogP contribution in [0, 0.1) is 0 Å². The van der Waals surface area contributed by atoms with E-state index in [-0.39, 0.29) is 19.2 Å². The van der Waals surface area contributed by atoms with E-state index in [1.54, 1.807) is 0 Å². The van der Waals surface area contributed by atoms with E-state index in [2.05, 4.69) is 9.47 Å². The lowest BCUT2D eigenvalue weighted by molar-refractivity contribution is -0.388. The van der Waals surface area contributed by atoms with Crippen molar-refractivity contribution in [3.63, 3.8) is 0 Å². The van der Waals surface area contributed by atoms with Crippen LogP contribution in [0.15, 0.2) is 0 Å². The summed E-state index contributed by atoms with van der Waals surface area (Å²) >= 11 is 0. The van der Waals surface area contributed by atoms with Crippen molar-refractivity contribution < 1.29 is 307 Å². The molecule has 8 aliphatic rings. The maximum absolute atomic E-state index is 10.3. The fourth-order valence-electron chi connectivity index (χ4n) is 11.7. The molecule has 1 aliphatic carbocycles. The summed E-state index contributed by atoms with van der Waals surface area (Å²) in [7, 11) is 0. The molecule has 61 heteroatoms. The molecule has 126 heavy (non-hydrogen) atoms. The summed E-state index contributed by atoms with van der Waals surface area (Å²) in [6, 6.07) is 0. The minimum atomic E-state index is -2.36. The molecule has 7 heterocycles. The smallest absolute Gasteiger partial charge is 0.224 e. The predicted molar refractivity (Wildman–Crippen MR) is 383 cm³/mol. The second-order valence-corrected chi connectivity index (χ2v) is 29.1. The Labute approximate surface area is 709 Å². The standard InChI is InChI=1S/C18H32O16.C12H22O11.2C6H12O6.C6H14O6.C6H12O6.C6H12O5.C5H10O5/c19-1-5-8(22)11(25)13(27)16(31-5)30-3-7-9(23)12(26)14(28)17(32-7)34-18(4-21)15(29)10(24)6(2-20)33-18;13-1-4-6(16)8(18)9(19)11(21-4)23-12(3-15)10(20)7(17)5(2-14)22-12;7-1-3-4(9)5(10)6(11,2-8)12-3;7-1-2(8)4(10)6(12)5(11)3(1)9;2*7-1-3(9)5(11)6(12)4(10)2-8;1-3(8)5(10)6(11)4(9)2-7;6-2-1-10-5(9)4(8)3(2)7/h5-17,19-29H,1-4H2;4-11,13-20H,1-3H2;3-5,7-11H,1-2H2;1-12H;3-12H,1-2H2;1,3-6,8-12H,2H2;2-6,8-11H,1H3;2-9H,1H2/t5-,6-,7-,8+,9-,10-,11+,12+,13-,14-,15+,16+,17-,18+;4-,5-,6-,7-,8+,9-,10+,11-,12+;3-,4-,5+,6-;1-,2-,3-,4+,5-,6-;3-,4-,5-,6-;3-,4+,5+,6+;3-,4-,5-,6-;2-,3+,4-,5?/m111.1001/s1. The van der Waals surface area contributed by atoms with Gasteiger partial charge < -0.3 is 307 Å². The summed E-state index contributed by atoms with van der Waals surface area (Å²) in [5, 5.41) is 450. The largest absolute Gasteiger partial charge is 0.394 e. The zero-order valence-corrected chi connectivity index (χ0v) is 66.2. The van der Waals surface area contributed by atoms with Gasteiger partial charge in [-0.05, 0) is 6.92 Å². The lowest BCUT2D eigenvalue weighted by atomic mass is 9.85. The number of carbonyl (C=O) groups excluding carboxylic acids is 2. The van der Waals surface area contributed by atoms with Crippen LogP contribution in [-0.2, 0) is 57.0 Å². The van der Waals surface area contributed by atoms with Crippen LogP contribution < -0.4 is 0 Å². The molecule has 0 bridgehead atoms. The quantitative estimate of drug-likeness (QED) is 0.0309. The van der Waals surface area contributed by atoms with Crippen molar-refractivity contribution in [3.8, 4) is 0 Å². The molecular formula is C65H126O61. The number of ether oxygens (including phenoxy) is 10. The minimum Gasteiger partial charge on any atom is -0.394 e. The van der Waals surface area contributed by atoms with Gasteiger partial charge in [0.25, 0.3) is 0 Å². The Bertz CT molecular complexity index is 2800. The summed E-state index contributed by atoms with van der Waals surface area (Å²) in [4.78, 5) is 19.8. The minimum absolute atomic E-state index is 0.0258. The average molecular weight is 1880 g/mol. The van der Waals surface area contributed by atoms with Crippen LogP contribution >= 0.6 is 0 Å². The van der Waals surface area contributed by atoms with Crippen LogP contribution in [0.1, 0.15) is 6.92 Å². The SMILES string of the molecule is C[C@H](O)[C@H](O)[C@@H](O)[C@@H](O)C=O.O=C[C@H](O)[C@@H](O)[C@H](O)[C@H](O)CO.OC1OC[C@@H](O)[C@H](O)[C@H]1O.OC[C@@H](O)[C@@H](O)[C@H](O)[C@H](O)CO.OC[C@H]1O[C@@](CO)(O[C@H]2O[C@H](CO)[C@@H](O)[C@H](O)[C@H]2O)[C@@H](O)[C@@H]1O.OC[C@H]1O[C@H](OC[C@H]2O[C@H](O[C@]3(CO)O[C@H](CO)[C@@H](O)[C@@H]3O)[C@H](O)[C@@H](O)[C@@H]2O)[C@H](O)[C@@H](O)[C@H]1O.OC[C@H]1O[C@](O)(CO)[C@@H](O)[C@@H]1O.O[C@H]1[C@H](O)[C@@H](O)[C@H](O)[C@@H](O)[C@H]1O. The highest BCUT2D eigenvalue weighted by Crippen LogP contribution is 2.39. The number of aliphatic hydroxyl groups excluding tert-OH is 48. The van der Waals surface area contributed by atoms with Crippen molar-refractivity contribution >= 4 is 12.6 Å². The lowest BCUT2D eigenvalue weighted by Crippen LogP contribution is -2.63. The molecule has 1 saturated carbocycles. The Kier molecular flexibility index (Phi) is 54.1. The van der Waals surface area contributed by atoms with Gasteiger partial charge in [-0.15, -0.1) is 0 Å². The molecule has 7 saturated heterocycles. The number of aldehydes is 2. The monoisotopic (exact) mass is 1880 g/mol. The predicted octanol–water partition coefficient (Wildman–Crippen LogP) is -31.9. The van der Waals surface area contributed by atoms with Gasteiger partial charge in [-0.25, -0.2) is 0 Å². The van der Waals surface area contributed by atoms with Crippen molar-refractivity contribution in [2.24, 2.45) is 0 Å². The third-order valence-corrected chi connectivity index (χ3v) is 20.0. The van der Waals surface area contributed by atoms with Crippen molar-refractivity contribution in [2.75, 3.05) is 85.9 Å². The summed E-state index contributed by atoms with van der Waals surface area (Å²) in [6.45, 7) is -7.95. The molecule has 0 aromatic carbocycles. The van der Waals surface area contributed by atoms with Crippen molar-refractivity contribution in [3.05, 3.63) is 0 Å². The number of carbonyl (C=O) groups is 2. The van der Waals surface area contributed by atoms with Gasteiger partial charge in [-0.1, -0.05) is 0 Å². The maximum atomic E-state index is 10.3. The van der Waals surface area contributed by atoms with Crippen LogP contribution in [0.25, 0.3) is 0 Å². The summed E-state index contributed by atoms with van der Waals surface area (Å²) in [5.41, 5.74) is 0. The van der Waals surface area contributed by atoms with E-state index in [0.29, 0.717) is 0 Å². The molecule has 0 aromatic rings. The second-order valence-electron chi connectivity index (χ2n) is 29.1. The molecule has 0 radical (unpaired) electrons. The number of aliphatic hydroxyl groups is 49. The molecule has 8 rings (SSSR count). The van der Waals surface area contributed by atoms with Crippen LogP contribution in [0.2, 0.25) is 0 Å². The highest BCUT2D eigenvalue weighted by atomic mass is 16.8. The zero-order chi connectivity index (χ0) is 97.7. The van der Waals surface area contributed by atoms with E-state index >= 15 is 0 Å². The van der Waals surface area contributed by atoms with E-state index in [1.165, 1.54) is 6.92 Å². The van der Waals surface area contributed by atoms with Gasteiger partial charge in [0.05, 0.1) is 78.8 Å². The Morgan fingerprint density at radius 2 is 0.603 bits per heavy atom. The molecule has 8 fully saturated rings. The normalized spacial score (nSPS) is 43.2. The number of rotatable bonds is 29. The molecule has 43 atom stereocenters. The third-order valence-electron chi connectivity index (χ3n) is 20.0. The fraction of sp³-hybridized carbons (Fsp3) is 0.969. The maximum Gasteiger partial charge on any atom is 0.224 e. The summed E-state index contributed by atoms with van der Waals surface area (Å²) < 4.78 is 51.0. The molecule has 7 aliphatic heterocycles. The molecule has 0 amide bonds. The average Bonchev–Trinajstić information content (AvgIpc) is 1.60. The first kappa shape index (κ1) is 121. The van der Waals surface area contributed by atoms with Crippen molar-refractivity contribution in [1.29, 1.82) is 0 Å². The third kappa shape index (κ3) is 31.5.